The first-order valence-corrected chi connectivity index (χ1v) is 5.46. The zero-order chi connectivity index (χ0) is 13.2. The van der Waals surface area contributed by atoms with Crippen LogP contribution in [0.1, 0.15) is 24.0 Å². The minimum atomic E-state index is -0.521. The van der Waals surface area contributed by atoms with Crippen molar-refractivity contribution < 1.29 is 14.3 Å². The second-order valence-electron chi connectivity index (χ2n) is 4.11. The zero-order valence-electron chi connectivity index (χ0n) is 10.2. The number of benzene rings is 1. The van der Waals surface area contributed by atoms with E-state index in [0.29, 0.717) is 17.1 Å². The molecule has 0 bridgehead atoms. The van der Waals surface area contributed by atoms with Gasteiger partial charge in [0.1, 0.15) is 6.07 Å². The predicted octanol–water partition coefficient (Wildman–Crippen LogP) is 1.90. The van der Waals surface area contributed by atoms with Crippen molar-refractivity contribution in [2.24, 2.45) is 4.99 Å². The molecule has 1 aliphatic carbocycles. The molecule has 1 fully saturated rings. The van der Waals surface area contributed by atoms with Gasteiger partial charge in [0.05, 0.1) is 25.3 Å². The molecule has 1 aromatic carbocycles. The lowest BCUT2D eigenvalue weighted by atomic mass is 10.0. The summed E-state index contributed by atoms with van der Waals surface area (Å²) in [6, 6.07) is 5.51. The largest absolute Gasteiger partial charge is 0.493 e. The fourth-order valence-electron chi connectivity index (χ4n) is 1.99. The number of hydrogen-bond acceptors (Lipinski definition) is 5. The molecule has 1 aliphatic rings. The van der Waals surface area contributed by atoms with Gasteiger partial charge >= 0.3 is 0 Å². The van der Waals surface area contributed by atoms with Gasteiger partial charge in [0.15, 0.2) is 11.5 Å². The van der Waals surface area contributed by atoms with Gasteiger partial charge in [0.2, 0.25) is 6.08 Å². The van der Waals surface area contributed by atoms with E-state index in [2.05, 4.69) is 11.1 Å². The summed E-state index contributed by atoms with van der Waals surface area (Å²) in [4.78, 5) is 14.3. The summed E-state index contributed by atoms with van der Waals surface area (Å²) < 4.78 is 10.4. The molecule has 0 amide bonds. The average Bonchev–Trinajstić information content (AvgIpc) is 3.18. The Labute approximate surface area is 105 Å². The van der Waals surface area contributed by atoms with Crippen LogP contribution >= 0.6 is 0 Å². The molecule has 5 heteroatoms. The topological polar surface area (TPSA) is 71.7 Å². The van der Waals surface area contributed by atoms with Crippen molar-refractivity contribution in [2.75, 3.05) is 14.2 Å². The Morgan fingerprint density at radius 2 is 2.06 bits per heavy atom. The van der Waals surface area contributed by atoms with Gasteiger partial charge in [-0.05, 0) is 30.5 Å². The minimum absolute atomic E-state index is 0.374. The molecule has 0 aromatic heterocycles. The first-order chi connectivity index (χ1) is 8.70. The molecule has 0 spiro atoms. The van der Waals surface area contributed by atoms with E-state index in [-0.39, 0.29) is 0 Å². The summed E-state index contributed by atoms with van der Waals surface area (Å²) in [5.74, 6) is 0.869. The Morgan fingerprint density at radius 3 is 2.50 bits per heavy atom. The molecule has 92 valence electrons. The van der Waals surface area contributed by atoms with Crippen LogP contribution in [-0.4, -0.2) is 20.3 Å². The third kappa shape index (κ3) is 1.83. The molecule has 1 saturated carbocycles. The van der Waals surface area contributed by atoms with E-state index in [9.17, 15) is 4.79 Å². The van der Waals surface area contributed by atoms with Crippen LogP contribution in [0.3, 0.4) is 0 Å². The van der Waals surface area contributed by atoms with Crippen LogP contribution in [0.15, 0.2) is 17.1 Å². The molecule has 0 aliphatic heterocycles. The number of hydrogen-bond donors (Lipinski definition) is 0. The maximum absolute atomic E-state index is 10.5. The standard InChI is InChI=1S/C13H12N2O3/c1-17-11-6-10(13(3-4-13)15-8-16)5-9(7-14)12(11)18-2/h5-6H,3-4H2,1-2H3. The maximum atomic E-state index is 10.5. The summed E-state index contributed by atoms with van der Waals surface area (Å²) in [7, 11) is 2.99. The highest BCUT2D eigenvalue weighted by molar-refractivity contribution is 5.57. The number of nitrogens with zero attached hydrogens (tertiary/aromatic N) is 2. The van der Waals surface area contributed by atoms with Gasteiger partial charge < -0.3 is 9.47 Å². The van der Waals surface area contributed by atoms with E-state index in [4.69, 9.17) is 14.7 Å². The van der Waals surface area contributed by atoms with Crippen LogP contribution < -0.4 is 9.47 Å². The smallest absolute Gasteiger partial charge is 0.235 e. The van der Waals surface area contributed by atoms with Crippen molar-refractivity contribution in [3.05, 3.63) is 23.3 Å². The lowest BCUT2D eigenvalue weighted by molar-refractivity contribution is 0.353. The molecule has 0 heterocycles. The van der Waals surface area contributed by atoms with Crippen molar-refractivity contribution in [2.45, 2.75) is 18.4 Å². The molecule has 2 rings (SSSR count). The first kappa shape index (κ1) is 12.2. The number of isocyanates is 1. The fourth-order valence-corrected chi connectivity index (χ4v) is 1.99. The molecule has 1 aromatic rings. The van der Waals surface area contributed by atoms with Gasteiger partial charge in [-0.15, -0.1) is 0 Å². The quantitative estimate of drug-likeness (QED) is 0.599. The molecule has 0 N–H and O–H groups in total. The summed E-state index contributed by atoms with van der Waals surface area (Å²) in [6.45, 7) is 0. The number of ether oxygens (including phenoxy) is 2. The van der Waals surface area contributed by atoms with Crippen LogP contribution in [0.2, 0.25) is 0 Å². The van der Waals surface area contributed by atoms with Crippen molar-refractivity contribution in [3.8, 4) is 17.6 Å². The van der Waals surface area contributed by atoms with Gasteiger partial charge in [-0.2, -0.15) is 10.3 Å². The third-order valence-electron chi connectivity index (χ3n) is 3.12. The average molecular weight is 244 g/mol. The summed E-state index contributed by atoms with van der Waals surface area (Å²) in [5.41, 5.74) is 0.645. The molecule has 18 heavy (non-hydrogen) atoms. The monoisotopic (exact) mass is 244 g/mol. The molecule has 5 nitrogen and oxygen atoms in total. The number of carbonyl (C=O) groups excluding carboxylic acids is 1. The van der Waals surface area contributed by atoms with E-state index in [1.807, 2.05) is 0 Å². The Hall–Kier alpha value is -2.31. The van der Waals surface area contributed by atoms with E-state index < -0.39 is 5.54 Å². The SMILES string of the molecule is COc1cc(C2(N=C=O)CC2)cc(C#N)c1OC. The maximum Gasteiger partial charge on any atom is 0.235 e. The van der Waals surface area contributed by atoms with Gasteiger partial charge in [0, 0.05) is 0 Å². The fraction of sp³-hybridized carbons (Fsp3) is 0.385. The lowest BCUT2D eigenvalue weighted by Crippen LogP contribution is -2.05. The van der Waals surface area contributed by atoms with Gasteiger partial charge in [-0.3, -0.25) is 0 Å². The molecule has 0 saturated heterocycles. The number of methoxy groups -OCH3 is 2. The summed E-state index contributed by atoms with van der Waals surface area (Å²) in [6.07, 6.45) is 3.15. The molecule has 0 unspecified atom stereocenters. The van der Waals surface area contributed by atoms with E-state index in [0.717, 1.165) is 18.4 Å². The van der Waals surface area contributed by atoms with Gasteiger partial charge in [-0.25, -0.2) is 4.79 Å². The highest BCUT2D eigenvalue weighted by Crippen LogP contribution is 2.51. The van der Waals surface area contributed by atoms with Gasteiger partial charge in [0.25, 0.3) is 0 Å². The van der Waals surface area contributed by atoms with E-state index >= 15 is 0 Å². The Bertz CT molecular complexity index is 564. The molecular formula is C13H12N2O3. The second-order valence-corrected chi connectivity index (χ2v) is 4.11. The van der Waals surface area contributed by atoms with Crippen LogP contribution in [-0.2, 0) is 10.3 Å². The highest BCUT2D eigenvalue weighted by Gasteiger charge is 2.45. The number of rotatable bonds is 4. The Morgan fingerprint density at radius 1 is 1.33 bits per heavy atom. The molecule has 0 atom stereocenters. The predicted molar refractivity (Wildman–Crippen MR) is 63.3 cm³/mol. The zero-order valence-corrected chi connectivity index (χ0v) is 10.2. The highest BCUT2D eigenvalue weighted by atomic mass is 16.5. The van der Waals surface area contributed by atoms with Crippen LogP contribution in [0, 0.1) is 11.3 Å². The number of nitriles is 1. The van der Waals surface area contributed by atoms with Crippen molar-refractivity contribution >= 4 is 6.08 Å². The Balaban J connectivity index is 2.58. The van der Waals surface area contributed by atoms with Crippen molar-refractivity contribution in [1.82, 2.24) is 0 Å². The van der Waals surface area contributed by atoms with Crippen LogP contribution in [0.25, 0.3) is 0 Å². The summed E-state index contributed by atoms with van der Waals surface area (Å²) >= 11 is 0. The number of aliphatic imine (C=N–C) groups is 1. The lowest BCUT2D eigenvalue weighted by Gasteiger charge is -2.14. The van der Waals surface area contributed by atoms with Crippen molar-refractivity contribution in [3.63, 3.8) is 0 Å². The van der Waals surface area contributed by atoms with Crippen LogP contribution in [0.5, 0.6) is 11.5 Å². The summed E-state index contributed by atoms with van der Waals surface area (Å²) in [5, 5.41) is 9.12. The van der Waals surface area contributed by atoms with Crippen LogP contribution in [0.4, 0.5) is 0 Å². The van der Waals surface area contributed by atoms with Crippen molar-refractivity contribution in [1.29, 1.82) is 5.26 Å². The first-order valence-electron chi connectivity index (χ1n) is 5.46. The Kier molecular flexibility index (Phi) is 3.05. The molecular weight excluding hydrogens is 232 g/mol. The normalized spacial score (nSPS) is 15.2. The van der Waals surface area contributed by atoms with E-state index in [1.54, 1.807) is 18.2 Å². The minimum Gasteiger partial charge on any atom is -0.493 e. The van der Waals surface area contributed by atoms with E-state index in [1.165, 1.54) is 14.2 Å². The van der Waals surface area contributed by atoms with Gasteiger partial charge in [-0.1, -0.05) is 0 Å². The second kappa shape index (κ2) is 4.52. The third-order valence-corrected chi connectivity index (χ3v) is 3.12. The molecule has 0 radical (unpaired) electrons.